The van der Waals surface area contributed by atoms with Crippen LogP contribution in [-0.4, -0.2) is 24.2 Å². The second-order valence-electron chi connectivity index (χ2n) is 7.88. The van der Waals surface area contributed by atoms with E-state index in [2.05, 4.69) is 14.7 Å². The molecule has 0 saturated heterocycles. The second-order valence-corrected chi connectivity index (χ2v) is 10.0. The molecule has 0 aliphatic heterocycles. The van der Waals surface area contributed by atoms with Crippen molar-refractivity contribution in [1.29, 1.82) is 0 Å². The van der Waals surface area contributed by atoms with Crippen LogP contribution in [0.1, 0.15) is 41.0 Å². The van der Waals surface area contributed by atoms with E-state index in [0.717, 1.165) is 11.3 Å². The van der Waals surface area contributed by atoms with Gasteiger partial charge in [-0.2, -0.15) is 0 Å². The van der Waals surface area contributed by atoms with Gasteiger partial charge in [0.15, 0.2) is 12.2 Å². The maximum absolute atomic E-state index is 13.1. The van der Waals surface area contributed by atoms with Crippen LogP contribution in [0.5, 0.6) is 0 Å². The molecule has 9 heteroatoms. The van der Waals surface area contributed by atoms with Crippen LogP contribution in [0.4, 0.5) is 5.69 Å². The lowest BCUT2D eigenvalue weighted by atomic mass is 9.82. The highest BCUT2D eigenvalue weighted by Gasteiger charge is 2.27. The van der Waals surface area contributed by atoms with Gasteiger partial charge >= 0.3 is 0 Å². The van der Waals surface area contributed by atoms with Gasteiger partial charge in [0, 0.05) is 34.0 Å². The molecule has 0 saturated carbocycles. The number of halogens is 1. The van der Waals surface area contributed by atoms with E-state index >= 15 is 0 Å². The Morgan fingerprint density at radius 1 is 1.03 bits per heavy atom. The highest BCUT2D eigenvalue weighted by molar-refractivity contribution is 7.92. The lowest BCUT2D eigenvalue weighted by Crippen LogP contribution is -2.20. The summed E-state index contributed by atoms with van der Waals surface area (Å²) in [5.74, 6) is -0.373. The standard InChI is InChI=1S/C24H20ClN3O4S/c1-24(2,22-14-32-15-27-22)17-3-6-19(7-4-17)33(30,31)28-21-8-5-18(25)13-20(21)23(29)16-9-11-26-12-10-16/h3-15,28H,1-2H3. The summed E-state index contributed by atoms with van der Waals surface area (Å²) in [4.78, 5) is 21.1. The fraction of sp³-hybridized carbons (Fsp3) is 0.125. The van der Waals surface area contributed by atoms with E-state index < -0.39 is 15.4 Å². The zero-order valence-electron chi connectivity index (χ0n) is 17.8. The number of pyridine rings is 1. The maximum Gasteiger partial charge on any atom is 0.261 e. The van der Waals surface area contributed by atoms with Crippen molar-refractivity contribution >= 4 is 33.1 Å². The fourth-order valence-electron chi connectivity index (χ4n) is 3.38. The van der Waals surface area contributed by atoms with Crippen molar-refractivity contribution in [2.75, 3.05) is 4.72 Å². The topological polar surface area (TPSA) is 102 Å². The molecule has 0 bridgehead atoms. The van der Waals surface area contributed by atoms with Gasteiger partial charge in [-0.15, -0.1) is 0 Å². The van der Waals surface area contributed by atoms with Crippen LogP contribution < -0.4 is 4.72 Å². The Labute approximate surface area is 196 Å². The molecule has 7 nitrogen and oxygen atoms in total. The molecule has 0 unspecified atom stereocenters. The van der Waals surface area contributed by atoms with Crippen LogP contribution in [0, 0.1) is 0 Å². The van der Waals surface area contributed by atoms with Gasteiger partial charge in [0.2, 0.25) is 0 Å². The summed E-state index contributed by atoms with van der Waals surface area (Å²) in [6.45, 7) is 3.94. The van der Waals surface area contributed by atoms with Gasteiger partial charge in [-0.05, 0) is 48.0 Å². The largest absolute Gasteiger partial charge is 0.451 e. The van der Waals surface area contributed by atoms with Crippen molar-refractivity contribution in [3.8, 4) is 0 Å². The van der Waals surface area contributed by atoms with Gasteiger partial charge in [-0.25, -0.2) is 13.4 Å². The van der Waals surface area contributed by atoms with Gasteiger partial charge in [-0.1, -0.05) is 37.6 Å². The number of carbonyl (C=O) groups is 1. The maximum atomic E-state index is 13.1. The van der Waals surface area contributed by atoms with Crippen molar-refractivity contribution in [1.82, 2.24) is 9.97 Å². The molecule has 0 aliphatic rings. The first-order valence-electron chi connectivity index (χ1n) is 9.95. The number of rotatable bonds is 7. The first-order chi connectivity index (χ1) is 15.7. The summed E-state index contributed by atoms with van der Waals surface area (Å²) in [6.07, 6.45) is 5.90. The lowest BCUT2D eigenvalue weighted by molar-refractivity contribution is 0.103. The molecule has 2 heterocycles. The molecule has 0 spiro atoms. The summed E-state index contributed by atoms with van der Waals surface area (Å²) in [5, 5.41) is 0.315. The van der Waals surface area contributed by atoms with Crippen LogP contribution in [-0.2, 0) is 15.4 Å². The minimum atomic E-state index is -3.97. The van der Waals surface area contributed by atoms with Crippen LogP contribution in [0.15, 0.2) is 89.0 Å². The number of oxazole rings is 1. The summed E-state index contributed by atoms with van der Waals surface area (Å²) < 4.78 is 33.8. The summed E-state index contributed by atoms with van der Waals surface area (Å²) >= 11 is 6.09. The third-order valence-electron chi connectivity index (χ3n) is 5.37. The third kappa shape index (κ3) is 4.67. The SMILES string of the molecule is CC(C)(c1ccc(S(=O)(=O)Nc2ccc(Cl)cc2C(=O)c2ccncc2)cc1)c1cocn1. The Morgan fingerprint density at radius 3 is 2.36 bits per heavy atom. The number of ketones is 1. The Morgan fingerprint density at radius 2 is 1.73 bits per heavy atom. The van der Waals surface area contributed by atoms with Gasteiger partial charge in [0.05, 0.1) is 16.3 Å². The molecule has 2 aromatic heterocycles. The van der Waals surface area contributed by atoms with E-state index in [-0.39, 0.29) is 21.9 Å². The van der Waals surface area contributed by atoms with Crippen molar-refractivity contribution in [3.05, 3.63) is 107 Å². The van der Waals surface area contributed by atoms with Gasteiger partial charge < -0.3 is 4.42 Å². The predicted molar refractivity (Wildman–Crippen MR) is 125 cm³/mol. The summed E-state index contributed by atoms with van der Waals surface area (Å²) in [6, 6.07) is 14.0. The van der Waals surface area contributed by atoms with Gasteiger partial charge in [0.25, 0.3) is 10.0 Å². The average Bonchev–Trinajstić information content (AvgIpc) is 3.36. The molecule has 168 valence electrons. The number of hydrogen-bond acceptors (Lipinski definition) is 6. The van der Waals surface area contributed by atoms with Crippen molar-refractivity contribution in [3.63, 3.8) is 0 Å². The van der Waals surface area contributed by atoms with E-state index in [9.17, 15) is 13.2 Å². The minimum absolute atomic E-state index is 0.0551. The molecule has 4 rings (SSSR count). The zero-order chi connectivity index (χ0) is 23.6. The highest BCUT2D eigenvalue weighted by atomic mass is 35.5. The van der Waals surface area contributed by atoms with E-state index in [0.29, 0.717) is 10.6 Å². The predicted octanol–water partition coefficient (Wildman–Crippen LogP) is 5.08. The molecule has 0 amide bonds. The Kier molecular flexibility index (Phi) is 6.05. The lowest BCUT2D eigenvalue weighted by Gasteiger charge is -2.22. The molecule has 0 fully saturated rings. The monoisotopic (exact) mass is 481 g/mol. The van der Waals surface area contributed by atoms with Gasteiger partial charge in [0.1, 0.15) is 6.26 Å². The molecule has 0 atom stereocenters. The first-order valence-corrected chi connectivity index (χ1v) is 11.8. The van der Waals surface area contributed by atoms with Gasteiger partial charge in [-0.3, -0.25) is 14.5 Å². The highest BCUT2D eigenvalue weighted by Crippen LogP contribution is 2.31. The second kappa shape index (κ2) is 8.80. The Balaban J connectivity index is 1.64. The zero-order valence-corrected chi connectivity index (χ0v) is 19.4. The molecule has 1 N–H and O–H groups in total. The van der Waals surface area contributed by atoms with Crippen molar-refractivity contribution < 1.29 is 17.6 Å². The molecule has 4 aromatic rings. The summed E-state index contributed by atoms with van der Waals surface area (Å²) in [7, 11) is -3.97. The van der Waals surface area contributed by atoms with E-state index in [1.807, 2.05) is 13.8 Å². The average molecular weight is 482 g/mol. The van der Waals surface area contributed by atoms with E-state index in [4.69, 9.17) is 16.0 Å². The third-order valence-corrected chi connectivity index (χ3v) is 6.99. The Hall–Kier alpha value is -3.49. The van der Waals surface area contributed by atoms with E-state index in [1.165, 1.54) is 49.1 Å². The molecule has 0 aliphatic carbocycles. The van der Waals surface area contributed by atoms with Crippen LogP contribution in [0.25, 0.3) is 0 Å². The summed E-state index contributed by atoms with van der Waals surface area (Å²) in [5.41, 5.74) is 1.77. The fourth-order valence-corrected chi connectivity index (χ4v) is 4.63. The molecule has 33 heavy (non-hydrogen) atoms. The number of aromatic nitrogens is 2. The number of carbonyl (C=O) groups excluding carboxylic acids is 1. The molecular weight excluding hydrogens is 462 g/mol. The molecule has 2 aromatic carbocycles. The van der Waals surface area contributed by atoms with Crippen LogP contribution in [0.2, 0.25) is 5.02 Å². The van der Waals surface area contributed by atoms with Crippen molar-refractivity contribution in [2.45, 2.75) is 24.2 Å². The minimum Gasteiger partial charge on any atom is -0.451 e. The van der Waals surface area contributed by atoms with E-state index in [1.54, 1.807) is 30.5 Å². The first kappa shape index (κ1) is 22.7. The van der Waals surface area contributed by atoms with Crippen LogP contribution in [0.3, 0.4) is 0 Å². The number of nitrogens with one attached hydrogen (secondary N) is 1. The number of sulfonamides is 1. The number of anilines is 1. The van der Waals surface area contributed by atoms with Crippen molar-refractivity contribution in [2.24, 2.45) is 0 Å². The number of hydrogen-bond donors (Lipinski definition) is 1. The number of benzene rings is 2. The molecular formula is C24H20ClN3O4S. The quantitative estimate of drug-likeness (QED) is 0.369. The molecule has 0 radical (unpaired) electrons. The normalized spacial score (nSPS) is 11.8. The van der Waals surface area contributed by atoms with Crippen LogP contribution >= 0.6 is 11.6 Å². The smallest absolute Gasteiger partial charge is 0.261 e. The number of nitrogens with zero attached hydrogens (tertiary/aromatic N) is 2. The Bertz CT molecular complexity index is 1390.